The highest BCUT2D eigenvalue weighted by Crippen LogP contribution is 2.38. The summed E-state index contributed by atoms with van der Waals surface area (Å²) in [6, 6.07) is 0. The van der Waals surface area contributed by atoms with Crippen molar-refractivity contribution in [1.29, 1.82) is 0 Å². The van der Waals surface area contributed by atoms with Gasteiger partial charge in [-0.3, -0.25) is 9.59 Å². The van der Waals surface area contributed by atoms with E-state index in [-0.39, 0.29) is 26.2 Å². The molecule has 4 nitrogen and oxygen atoms in total. The number of amides is 2. The molecule has 0 aromatic rings. The second-order valence-corrected chi connectivity index (χ2v) is 5.85. The van der Waals surface area contributed by atoms with Crippen molar-refractivity contribution in [3.05, 3.63) is 0 Å². The lowest BCUT2D eigenvalue weighted by molar-refractivity contribution is -0.224. The summed E-state index contributed by atoms with van der Waals surface area (Å²) in [5.41, 5.74) is 0. The highest BCUT2D eigenvalue weighted by Gasteiger charge is 2.68. The number of piperidine rings is 2. The molecule has 0 saturated carbocycles. The van der Waals surface area contributed by atoms with Crippen LogP contribution in [-0.2, 0) is 9.59 Å². The van der Waals surface area contributed by atoms with E-state index in [1.165, 1.54) is 0 Å². The Balaban J connectivity index is 2.13. The molecule has 2 aliphatic rings. The van der Waals surface area contributed by atoms with Crippen LogP contribution in [0.4, 0.5) is 17.6 Å². The predicted octanol–water partition coefficient (Wildman–Crippen LogP) is 2.28. The summed E-state index contributed by atoms with van der Waals surface area (Å²) in [6.07, 6.45) is 3.58. The van der Waals surface area contributed by atoms with Crippen molar-refractivity contribution in [1.82, 2.24) is 9.80 Å². The van der Waals surface area contributed by atoms with Crippen LogP contribution in [0.15, 0.2) is 0 Å². The molecule has 2 aliphatic heterocycles. The molecule has 0 radical (unpaired) electrons. The van der Waals surface area contributed by atoms with E-state index in [1.807, 2.05) is 0 Å². The second-order valence-electron chi connectivity index (χ2n) is 5.85. The van der Waals surface area contributed by atoms with Gasteiger partial charge in [0.1, 0.15) is 0 Å². The van der Waals surface area contributed by atoms with Gasteiger partial charge in [0.05, 0.1) is 0 Å². The van der Waals surface area contributed by atoms with Gasteiger partial charge in [-0.05, 0) is 38.5 Å². The number of halogens is 4. The van der Waals surface area contributed by atoms with E-state index >= 15 is 0 Å². The highest BCUT2D eigenvalue weighted by molar-refractivity contribution is 5.95. The van der Waals surface area contributed by atoms with E-state index in [4.69, 9.17) is 0 Å². The van der Waals surface area contributed by atoms with Gasteiger partial charge in [0.15, 0.2) is 0 Å². The Bertz CT molecular complexity index is 391. The number of likely N-dealkylation sites (tertiary alicyclic amines) is 2. The van der Waals surface area contributed by atoms with Gasteiger partial charge in [0.2, 0.25) is 0 Å². The minimum absolute atomic E-state index is 0.0302. The molecular formula is C14H20F4N2O2. The number of alkyl halides is 4. The maximum absolute atomic E-state index is 14.0. The summed E-state index contributed by atoms with van der Waals surface area (Å²) in [4.78, 5) is 25.0. The standard InChI is InChI=1S/C14H20F4N2O2/c15-13(16,11(21)19-7-3-1-4-8-19)14(17,18)12(22)20-9-5-2-6-10-20/h1-10H2. The van der Waals surface area contributed by atoms with E-state index in [0.717, 1.165) is 22.6 Å². The van der Waals surface area contributed by atoms with Gasteiger partial charge in [-0.2, -0.15) is 17.6 Å². The Morgan fingerprint density at radius 3 is 1.14 bits per heavy atom. The first-order valence-corrected chi connectivity index (χ1v) is 7.63. The smallest absolute Gasteiger partial charge is 0.337 e. The Morgan fingerprint density at radius 1 is 0.591 bits per heavy atom. The summed E-state index contributed by atoms with van der Waals surface area (Å²) < 4.78 is 56.0. The van der Waals surface area contributed by atoms with Gasteiger partial charge in [-0.15, -0.1) is 0 Å². The molecule has 126 valence electrons. The zero-order chi connectivity index (χ0) is 16.4. The minimum atomic E-state index is -5.00. The summed E-state index contributed by atoms with van der Waals surface area (Å²) in [6.45, 7) is 0.121. The lowest BCUT2D eigenvalue weighted by Crippen LogP contribution is -2.61. The fraction of sp³-hybridized carbons (Fsp3) is 0.857. The zero-order valence-corrected chi connectivity index (χ0v) is 12.3. The van der Waals surface area contributed by atoms with E-state index in [2.05, 4.69) is 0 Å². The topological polar surface area (TPSA) is 40.6 Å². The number of rotatable bonds is 3. The fourth-order valence-corrected chi connectivity index (χ4v) is 2.86. The fourth-order valence-electron chi connectivity index (χ4n) is 2.86. The molecule has 2 amide bonds. The van der Waals surface area contributed by atoms with Crippen molar-refractivity contribution in [3.8, 4) is 0 Å². The first-order valence-electron chi connectivity index (χ1n) is 7.63. The third-order valence-corrected chi connectivity index (χ3v) is 4.22. The average Bonchev–Trinajstić information content (AvgIpc) is 2.54. The zero-order valence-electron chi connectivity index (χ0n) is 12.3. The summed E-state index contributed by atoms with van der Waals surface area (Å²) >= 11 is 0. The molecule has 22 heavy (non-hydrogen) atoms. The lowest BCUT2D eigenvalue weighted by atomic mass is 10.0. The molecule has 0 N–H and O–H groups in total. The van der Waals surface area contributed by atoms with E-state index in [9.17, 15) is 27.2 Å². The SMILES string of the molecule is O=C(N1CCCCC1)C(F)(F)C(F)(F)C(=O)N1CCCCC1. The molecule has 0 aliphatic carbocycles. The van der Waals surface area contributed by atoms with Crippen LogP contribution in [0.1, 0.15) is 38.5 Å². The summed E-state index contributed by atoms with van der Waals surface area (Å²) in [7, 11) is 0. The lowest BCUT2D eigenvalue weighted by Gasteiger charge is -2.35. The van der Waals surface area contributed by atoms with Crippen molar-refractivity contribution < 1.29 is 27.2 Å². The largest absolute Gasteiger partial charge is 0.395 e. The number of hydrogen-bond acceptors (Lipinski definition) is 2. The van der Waals surface area contributed by atoms with Gasteiger partial charge in [-0.25, -0.2) is 0 Å². The van der Waals surface area contributed by atoms with E-state index in [1.54, 1.807) is 0 Å². The van der Waals surface area contributed by atoms with Crippen LogP contribution < -0.4 is 0 Å². The van der Waals surface area contributed by atoms with Crippen LogP contribution >= 0.6 is 0 Å². The van der Waals surface area contributed by atoms with Gasteiger partial charge >= 0.3 is 11.8 Å². The van der Waals surface area contributed by atoms with Crippen molar-refractivity contribution in [2.75, 3.05) is 26.2 Å². The second kappa shape index (κ2) is 6.42. The Labute approximate surface area is 126 Å². The number of hydrogen-bond donors (Lipinski definition) is 0. The van der Waals surface area contributed by atoms with Crippen LogP contribution in [0, 0.1) is 0 Å². The molecule has 0 spiro atoms. The van der Waals surface area contributed by atoms with Crippen molar-refractivity contribution in [2.45, 2.75) is 50.4 Å². The monoisotopic (exact) mass is 324 g/mol. The average molecular weight is 324 g/mol. The first kappa shape index (κ1) is 17.0. The van der Waals surface area contributed by atoms with Gasteiger partial charge in [0, 0.05) is 26.2 Å². The molecule has 2 saturated heterocycles. The van der Waals surface area contributed by atoms with Crippen LogP contribution in [-0.4, -0.2) is 59.6 Å². The molecule has 2 fully saturated rings. The van der Waals surface area contributed by atoms with Gasteiger partial charge in [-0.1, -0.05) is 0 Å². The molecule has 0 bridgehead atoms. The molecule has 0 atom stereocenters. The van der Waals surface area contributed by atoms with Gasteiger partial charge in [0.25, 0.3) is 11.8 Å². The maximum Gasteiger partial charge on any atom is 0.395 e. The molecule has 2 heterocycles. The minimum Gasteiger partial charge on any atom is -0.337 e. The molecule has 0 aromatic carbocycles. The molecule has 2 rings (SSSR count). The van der Waals surface area contributed by atoms with E-state index in [0.29, 0.717) is 25.7 Å². The molecule has 0 unspecified atom stereocenters. The summed E-state index contributed by atoms with van der Waals surface area (Å²) in [5.74, 6) is -13.9. The Kier molecular flexibility index (Phi) is 4.97. The van der Waals surface area contributed by atoms with Crippen LogP contribution in [0.25, 0.3) is 0 Å². The van der Waals surface area contributed by atoms with Crippen molar-refractivity contribution in [3.63, 3.8) is 0 Å². The Hall–Kier alpha value is -1.34. The van der Waals surface area contributed by atoms with Crippen LogP contribution in [0.2, 0.25) is 0 Å². The molecule has 8 heteroatoms. The van der Waals surface area contributed by atoms with Crippen molar-refractivity contribution in [2.24, 2.45) is 0 Å². The highest BCUT2D eigenvalue weighted by atomic mass is 19.3. The molecule has 0 aromatic heterocycles. The normalized spacial score (nSPS) is 20.9. The number of carbonyl (C=O) groups excluding carboxylic acids is 2. The molecular weight excluding hydrogens is 304 g/mol. The van der Waals surface area contributed by atoms with Crippen molar-refractivity contribution >= 4 is 11.8 Å². The first-order chi connectivity index (χ1) is 10.3. The number of carbonyl (C=O) groups is 2. The quantitative estimate of drug-likeness (QED) is 0.747. The summed E-state index contributed by atoms with van der Waals surface area (Å²) in [5, 5.41) is 0. The predicted molar refractivity (Wildman–Crippen MR) is 70.8 cm³/mol. The third kappa shape index (κ3) is 3.05. The number of nitrogens with zero attached hydrogens (tertiary/aromatic N) is 2. The Morgan fingerprint density at radius 2 is 0.864 bits per heavy atom. The van der Waals surface area contributed by atoms with E-state index < -0.39 is 23.7 Å². The van der Waals surface area contributed by atoms with Crippen LogP contribution in [0.5, 0.6) is 0 Å². The maximum atomic E-state index is 14.0. The van der Waals surface area contributed by atoms with Gasteiger partial charge < -0.3 is 9.80 Å². The third-order valence-electron chi connectivity index (χ3n) is 4.22. The van der Waals surface area contributed by atoms with Crippen LogP contribution in [0.3, 0.4) is 0 Å².